The summed E-state index contributed by atoms with van der Waals surface area (Å²) in [6, 6.07) is 10.3. The smallest absolute Gasteiger partial charge is 0.424 e. The normalized spacial score (nSPS) is 18.0. The second-order valence-electron chi connectivity index (χ2n) is 9.97. The standard InChI is InChI=1S/C28H26F4N4O5/c1-26(33)14-41-24-19(26)12-21(36-23(24)15-2-4-18(29)5-3-15)27(39,28(30,31)32)13-35-25(38)17-10-16-6-7-34-22(16)20(11-17)40-9-8-37/h2-7,10-12,34,37,39H,8-9,13-14,33H2,1H3,(H,35,38)/t26-,27-/m1/s1. The SMILES string of the molecule is C[C@@]1(N)COc2c1cc([C@](O)(CNC(=O)c1cc(OCCO)c3[nH]ccc3c1)C(F)(F)F)nc2-c1ccc(F)cc1. The number of hydrogen-bond donors (Lipinski definition) is 5. The number of aromatic nitrogens is 2. The summed E-state index contributed by atoms with van der Waals surface area (Å²) in [5.41, 5.74) is 1.45. The van der Waals surface area contributed by atoms with Crippen LogP contribution in [0.2, 0.25) is 0 Å². The summed E-state index contributed by atoms with van der Waals surface area (Å²) in [6.45, 7) is -0.163. The number of halogens is 4. The maximum absolute atomic E-state index is 14.5. The van der Waals surface area contributed by atoms with Crippen molar-refractivity contribution in [3.63, 3.8) is 0 Å². The number of pyridine rings is 1. The molecule has 1 aliphatic heterocycles. The first kappa shape index (κ1) is 28.3. The quantitative estimate of drug-likeness (QED) is 0.203. The summed E-state index contributed by atoms with van der Waals surface area (Å²) < 4.78 is 68.3. The number of aromatic amines is 1. The third-order valence-electron chi connectivity index (χ3n) is 6.85. The Hall–Kier alpha value is -4.20. The summed E-state index contributed by atoms with van der Waals surface area (Å²) in [4.78, 5) is 20.1. The highest BCUT2D eigenvalue weighted by atomic mass is 19.4. The van der Waals surface area contributed by atoms with Crippen LogP contribution in [0, 0.1) is 5.82 Å². The minimum atomic E-state index is -5.29. The van der Waals surface area contributed by atoms with Crippen LogP contribution in [0.25, 0.3) is 22.2 Å². The molecule has 5 rings (SSSR count). The van der Waals surface area contributed by atoms with Gasteiger partial charge in [0.25, 0.3) is 5.91 Å². The average molecular weight is 575 g/mol. The van der Waals surface area contributed by atoms with Gasteiger partial charge in [0.15, 0.2) is 5.75 Å². The molecule has 0 spiro atoms. The summed E-state index contributed by atoms with van der Waals surface area (Å²) in [5, 5.41) is 22.9. The van der Waals surface area contributed by atoms with Crippen molar-refractivity contribution in [1.82, 2.24) is 15.3 Å². The molecular formula is C28H26F4N4O5. The van der Waals surface area contributed by atoms with E-state index in [1.165, 1.54) is 24.3 Å². The molecule has 2 aromatic carbocycles. The van der Waals surface area contributed by atoms with Crippen molar-refractivity contribution in [3.05, 3.63) is 77.4 Å². The number of aliphatic hydroxyl groups excluding tert-OH is 1. The number of aliphatic hydroxyl groups is 2. The molecular weight excluding hydrogens is 548 g/mol. The molecule has 0 fully saturated rings. The molecule has 2 atom stereocenters. The summed E-state index contributed by atoms with van der Waals surface area (Å²) in [6.07, 6.45) is -3.69. The van der Waals surface area contributed by atoms with Gasteiger partial charge in [0.05, 0.1) is 29.9 Å². The molecule has 0 saturated heterocycles. The van der Waals surface area contributed by atoms with E-state index >= 15 is 0 Å². The summed E-state index contributed by atoms with van der Waals surface area (Å²) >= 11 is 0. The van der Waals surface area contributed by atoms with E-state index in [1.807, 2.05) is 0 Å². The van der Waals surface area contributed by atoms with Crippen LogP contribution in [0.4, 0.5) is 17.6 Å². The fourth-order valence-electron chi connectivity index (χ4n) is 4.60. The number of nitrogens with zero attached hydrogens (tertiary/aromatic N) is 1. The van der Waals surface area contributed by atoms with Crippen LogP contribution in [-0.4, -0.2) is 58.6 Å². The first-order chi connectivity index (χ1) is 19.3. The van der Waals surface area contributed by atoms with Crippen LogP contribution in [0.3, 0.4) is 0 Å². The zero-order chi connectivity index (χ0) is 29.6. The number of carbonyl (C=O) groups is 1. The molecule has 0 bridgehead atoms. The van der Waals surface area contributed by atoms with Crippen molar-refractivity contribution in [2.45, 2.75) is 24.2 Å². The van der Waals surface area contributed by atoms with Gasteiger partial charge in [-0.25, -0.2) is 9.37 Å². The number of hydrogen-bond acceptors (Lipinski definition) is 7. The monoisotopic (exact) mass is 574 g/mol. The zero-order valence-electron chi connectivity index (χ0n) is 21.7. The number of ether oxygens (including phenoxy) is 2. The van der Waals surface area contributed by atoms with Gasteiger partial charge in [0.1, 0.15) is 30.5 Å². The van der Waals surface area contributed by atoms with Gasteiger partial charge in [0.2, 0.25) is 5.60 Å². The van der Waals surface area contributed by atoms with Gasteiger partial charge in [-0.3, -0.25) is 4.79 Å². The Morgan fingerprint density at radius 2 is 1.95 bits per heavy atom. The molecule has 1 aliphatic rings. The second kappa shape index (κ2) is 10.3. The van der Waals surface area contributed by atoms with Gasteiger partial charge in [-0.1, -0.05) is 0 Å². The van der Waals surface area contributed by atoms with E-state index in [4.69, 9.17) is 20.3 Å². The molecule has 9 nitrogen and oxygen atoms in total. The maximum atomic E-state index is 14.5. The lowest BCUT2D eigenvalue weighted by Gasteiger charge is -2.31. The van der Waals surface area contributed by atoms with Crippen LogP contribution >= 0.6 is 0 Å². The minimum absolute atomic E-state index is 0.0357. The molecule has 3 heterocycles. The van der Waals surface area contributed by atoms with Crippen molar-refractivity contribution < 1.29 is 42.0 Å². The van der Waals surface area contributed by atoms with Gasteiger partial charge in [-0.15, -0.1) is 0 Å². The van der Waals surface area contributed by atoms with Gasteiger partial charge < -0.3 is 35.7 Å². The van der Waals surface area contributed by atoms with E-state index in [9.17, 15) is 27.5 Å². The Bertz CT molecular complexity index is 1600. The molecule has 41 heavy (non-hydrogen) atoms. The number of benzene rings is 2. The van der Waals surface area contributed by atoms with Crippen LogP contribution in [0.1, 0.15) is 28.5 Å². The number of nitrogens with one attached hydrogen (secondary N) is 2. The van der Waals surface area contributed by atoms with Crippen LogP contribution < -0.4 is 20.5 Å². The number of nitrogens with two attached hydrogens (primary N) is 1. The van der Waals surface area contributed by atoms with E-state index in [2.05, 4.69) is 15.3 Å². The minimum Gasteiger partial charge on any atom is -0.489 e. The lowest BCUT2D eigenvalue weighted by Crippen LogP contribution is -2.51. The Balaban J connectivity index is 1.53. The third-order valence-corrected chi connectivity index (χ3v) is 6.85. The lowest BCUT2D eigenvalue weighted by atomic mass is 9.89. The molecule has 0 unspecified atom stereocenters. The fourth-order valence-corrected chi connectivity index (χ4v) is 4.60. The van der Waals surface area contributed by atoms with Crippen LogP contribution in [0.15, 0.2) is 54.7 Å². The van der Waals surface area contributed by atoms with Crippen molar-refractivity contribution in [2.24, 2.45) is 5.73 Å². The number of carbonyl (C=O) groups excluding carboxylic acids is 1. The molecule has 216 valence electrons. The first-order valence-electron chi connectivity index (χ1n) is 12.5. The van der Waals surface area contributed by atoms with E-state index in [1.54, 1.807) is 19.2 Å². The third kappa shape index (κ3) is 5.19. The van der Waals surface area contributed by atoms with Crippen LogP contribution in [0.5, 0.6) is 11.5 Å². The number of alkyl halides is 3. The van der Waals surface area contributed by atoms with Crippen LogP contribution in [-0.2, 0) is 11.1 Å². The average Bonchev–Trinajstić information content (AvgIpc) is 3.53. The fraction of sp³-hybridized carbons (Fsp3) is 0.286. The van der Waals surface area contributed by atoms with Gasteiger partial charge >= 0.3 is 6.18 Å². The topological polar surface area (TPSA) is 143 Å². The van der Waals surface area contributed by atoms with Crippen molar-refractivity contribution in [2.75, 3.05) is 26.4 Å². The molecule has 2 aromatic heterocycles. The highest BCUT2D eigenvalue weighted by molar-refractivity contribution is 6.00. The summed E-state index contributed by atoms with van der Waals surface area (Å²) in [5.74, 6) is -1.15. The second-order valence-corrected chi connectivity index (χ2v) is 9.97. The highest BCUT2D eigenvalue weighted by Gasteiger charge is 2.57. The highest BCUT2D eigenvalue weighted by Crippen LogP contribution is 2.46. The molecule has 0 saturated carbocycles. The number of fused-ring (bicyclic) bond motifs is 2. The predicted octanol–water partition coefficient (Wildman–Crippen LogP) is 3.49. The Kier molecular flexibility index (Phi) is 7.14. The molecule has 0 radical (unpaired) electrons. The molecule has 0 aliphatic carbocycles. The largest absolute Gasteiger partial charge is 0.489 e. The van der Waals surface area contributed by atoms with E-state index in [0.29, 0.717) is 10.9 Å². The number of rotatable bonds is 8. The predicted molar refractivity (Wildman–Crippen MR) is 140 cm³/mol. The van der Waals surface area contributed by atoms with E-state index in [0.717, 1.165) is 18.2 Å². The molecule has 13 heteroatoms. The maximum Gasteiger partial charge on any atom is 0.424 e. The Morgan fingerprint density at radius 3 is 2.63 bits per heavy atom. The zero-order valence-corrected chi connectivity index (χ0v) is 21.7. The summed E-state index contributed by atoms with van der Waals surface area (Å²) in [7, 11) is 0. The number of amides is 1. The van der Waals surface area contributed by atoms with Gasteiger partial charge in [-0.2, -0.15) is 13.2 Å². The Morgan fingerprint density at radius 1 is 1.22 bits per heavy atom. The van der Waals surface area contributed by atoms with E-state index in [-0.39, 0.29) is 53.7 Å². The van der Waals surface area contributed by atoms with Crippen molar-refractivity contribution in [3.8, 4) is 22.8 Å². The first-order valence-corrected chi connectivity index (χ1v) is 12.5. The lowest BCUT2D eigenvalue weighted by molar-refractivity contribution is -0.265. The molecule has 1 amide bonds. The molecule has 4 aromatic rings. The molecule has 6 N–H and O–H groups in total. The van der Waals surface area contributed by atoms with Gasteiger partial charge in [0, 0.05) is 28.3 Å². The Labute approximate surface area is 230 Å². The van der Waals surface area contributed by atoms with E-state index < -0.39 is 41.3 Å². The van der Waals surface area contributed by atoms with Crippen molar-refractivity contribution in [1.29, 1.82) is 0 Å². The van der Waals surface area contributed by atoms with Crippen molar-refractivity contribution >= 4 is 16.8 Å². The number of H-pyrrole nitrogens is 1. The van der Waals surface area contributed by atoms with Gasteiger partial charge in [-0.05, 0) is 55.5 Å².